The molecule has 2 aliphatic heterocycles. The number of likely N-dealkylation sites (tertiary alicyclic amines) is 1. The molecule has 0 aliphatic carbocycles. The van der Waals surface area contributed by atoms with Crippen LogP contribution in [-0.4, -0.2) is 71.6 Å². The van der Waals surface area contributed by atoms with Crippen molar-refractivity contribution in [2.45, 2.75) is 49.3 Å². The maximum atomic E-state index is 13.5. The lowest BCUT2D eigenvalue weighted by atomic mass is 10.1. The van der Waals surface area contributed by atoms with Gasteiger partial charge in [-0.1, -0.05) is 30.7 Å². The first-order valence-corrected chi connectivity index (χ1v) is 14.6. The number of pyridine rings is 1. The minimum atomic E-state index is -3.99. The third-order valence-corrected chi connectivity index (χ3v) is 10.1. The van der Waals surface area contributed by atoms with Crippen LogP contribution in [-0.2, 0) is 19.6 Å². The number of rotatable bonds is 7. The summed E-state index contributed by atoms with van der Waals surface area (Å²) in [6.07, 6.45) is 1.92. The summed E-state index contributed by atoms with van der Waals surface area (Å²) in [6, 6.07) is 5.84. The van der Waals surface area contributed by atoms with E-state index in [0.717, 1.165) is 13.7 Å². The molecule has 5 heterocycles. The van der Waals surface area contributed by atoms with Gasteiger partial charge in [-0.2, -0.15) is 4.31 Å². The van der Waals surface area contributed by atoms with E-state index < -0.39 is 40.1 Å². The summed E-state index contributed by atoms with van der Waals surface area (Å²) >= 11 is 2.88. The molecule has 0 bridgehead atoms. The molecule has 5 rings (SSSR count). The highest BCUT2D eigenvalue weighted by Gasteiger charge is 2.54. The minimum absolute atomic E-state index is 0.134. The largest absolute Gasteiger partial charge is 0.414 e. The van der Waals surface area contributed by atoms with Crippen molar-refractivity contribution >= 4 is 59.9 Å². The van der Waals surface area contributed by atoms with E-state index in [2.05, 4.69) is 10.3 Å². The fraction of sp³-hybridized carbons (Fsp3) is 0.391. The molecular weight excluding hydrogens is 524 g/mol. The van der Waals surface area contributed by atoms with Crippen LogP contribution >= 0.6 is 22.7 Å². The van der Waals surface area contributed by atoms with Crippen molar-refractivity contribution in [3.05, 3.63) is 41.9 Å². The number of fused-ring (bicyclic) bond motifs is 2. The summed E-state index contributed by atoms with van der Waals surface area (Å²) in [4.78, 5) is 44.3. The first kappa shape index (κ1) is 24.8. The number of nitrogens with zero attached hydrogens (tertiary/aromatic N) is 3. The number of nitrogens with one attached hydrogen (secondary N) is 1. The van der Waals surface area contributed by atoms with Gasteiger partial charge in [0, 0.05) is 28.2 Å². The number of carbonyl (C=O) groups is 3. The number of ketones is 1. The first-order chi connectivity index (χ1) is 17.3. The normalized spacial score (nSPS) is 21.0. The molecule has 0 saturated carbocycles. The maximum Gasteiger partial charge on any atom is 0.414 e. The maximum absolute atomic E-state index is 13.5. The molecule has 0 spiro atoms. The highest BCUT2D eigenvalue weighted by Crippen LogP contribution is 2.36. The Balaban J connectivity index is 1.29. The first-order valence-electron chi connectivity index (χ1n) is 11.5. The molecule has 13 heteroatoms. The van der Waals surface area contributed by atoms with Crippen LogP contribution in [0.3, 0.4) is 0 Å². The molecule has 3 unspecified atom stereocenters. The van der Waals surface area contributed by atoms with E-state index in [1.165, 1.54) is 28.5 Å². The van der Waals surface area contributed by atoms with Gasteiger partial charge in [0.1, 0.15) is 12.1 Å². The van der Waals surface area contributed by atoms with Gasteiger partial charge in [-0.25, -0.2) is 18.2 Å². The zero-order valence-corrected chi connectivity index (χ0v) is 21.8. The molecule has 190 valence electrons. The van der Waals surface area contributed by atoms with Crippen molar-refractivity contribution in [2.24, 2.45) is 0 Å². The van der Waals surface area contributed by atoms with Crippen molar-refractivity contribution in [1.29, 1.82) is 0 Å². The second-order valence-electron chi connectivity index (χ2n) is 8.61. The van der Waals surface area contributed by atoms with Crippen LogP contribution in [0.4, 0.5) is 4.79 Å². The van der Waals surface area contributed by atoms with Gasteiger partial charge in [-0.05, 0) is 36.4 Å². The van der Waals surface area contributed by atoms with E-state index >= 15 is 0 Å². The highest BCUT2D eigenvalue weighted by molar-refractivity contribution is 7.89. The summed E-state index contributed by atoms with van der Waals surface area (Å²) in [5, 5.41) is 4.90. The summed E-state index contributed by atoms with van der Waals surface area (Å²) < 4.78 is 34.8. The molecule has 3 atom stereocenters. The Morgan fingerprint density at radius 2 is 2.11 bits per heavy atom. The molecule has 0 radical (unpaired) electrons. The van der Waals surface area contributed by atoms with E-state index in [9.17, 15) is 22.8 Å². The molecule has 1 N–H and O–H groups in total. The molecule has 2 amide bonds. The summed E-state index contributed by atoms with van der Waals surface area (Å²) in [5.74, 6) is -0.763. The molecule has 36 heavy (non-hydrogen) atoms. The summed E-state index contributed by atoms with van der Waals surface area (Å²) in [5.41, 5.74) is 0. The average Bonchev–Trinajstić information content (AvgIpc) is 3.61. The predicted octanol–water partition coefficient (Wildman–Crippen LogP) is 2.86. The second-order valence-corrected chi connectivity index (χ2v) is 12.4. The Hall–Kier alpha value is -2.87. The summed E-state index contributed by atoms with van der Waals surface area (Å²) in [6.45, 7) is 1.78. The van der Waals surface area contributed by atoms with Crippen LogP contribution in [0.2, 0.25) is 0 Å². The van der Waals surface area contributed by atoms with Crippen LogP contribution in [0.15, 0.2) is 46.9 Å². The van der Waals surface area contributed by atoms with Crippen LogP contribution in [0.5, 0.6) is 5.06 Å². The van der Waals surface area contributed by atoms with Crippen molar-refractivity contribution in [3.8, 4) is 5.06 Å². The molecule has 3 aromatic heterocycles. The molecule has 2 saturated heterocycles. The Kier molecular flexibility index (Phi) is 6.81. The standard InChI is InChI=1S/C23H24N4O6S3/c1-2-5-14(25-23(30)33-20-12-18-17(35-20)8-11-34-18)22(29)26-10-7-15-21(26)16(28)13-27(15)36(31,32)19-6-3-4-9-24-19/h3-4,6,8-9,11-12,14-15,21H,2,5,7,10,13H2,1H3,(H,25,30). The molecular formula is C23H24N4O6S3. The van der Waals surface area contributed by atoms with Crippen LogP contribution < -0.4 is 10.1 Å². The van der Waals surface area contributed by atoms with E-state index in [0.29, 0.717) is 24.3 Å². The van der Waals surface area contributed by atoms with E-state index in [-0.39, 0.29) is 23.9 Å². The quantitative estimate of drug-likeness (QED) is 0.481. The van der Waals surface area contributed by atoms with Crippen molar-refractivity contribution in [3.63, 3.8) is 0 Å². The van der Waals surface area contributed by atoms with Crippen LogP contribution in [0, 0.1) is 0 Å². The minimum Gasteiger partial charge on any atom is -0.399 e. The Bertz CT molecular complexity index is 1370. The molecule has 2 aliphatic rings. The molecule has 0 aromatic carbocycles. The Morgan fingerprint density at radius 3 is 2.83 bits per heavy atom. The van der Waals surface area contributed by atoms with Crippen LogP contribution in [0.1, 0.15) is 26.2 Å². The number of aromatic nitrogens is 1. The van der Waals surface area contributed by atoms with Gasteiger partial charge in [0.25, 0.3) is 10.0 Å². The average molecular weight is 549 g/mol. The molecule has 3 aromatic rings. The van der Waals surface area contributed by atoms with Gasteiger partial charge in [-0.3, -0.25) is 9.59 Å². The molecule has 10 nitrogen and oxygen atoms in total. The number of hydrogen-bond donors (Lipinski definition) is 1. The number of carbonyl (C=O) groups excluding carboxylic acids is 3. The fourth-order valence-electron chi connectivity index (χ4n) is 4.76. The van der Waals surface area contributed by atoms with Crippen molar-refractivity contribution in [2.75, 3.05) is 13.1 Å². The Morgan fingerprint density at radius 1 is 1.28 bits per heavy atom. The van der Waals surface area contributed by atoms with Gasteiger partial charge >= 0.3 is 6.09 Å². The zero-order valence-electron chi connectivity index (χ0n) is 19.3. The predicted molar refractivity (Wildman–Crippen MR) is 135 cm³/mol. The lowest BCUT2D eigenvalue weighted by Crippen LogP contribution is -2.53. The van der Waals surface area contributed by atoms with E-state index in [1.54, 1.807) is 29.5 Å². The molecule has 2 fully saturated rings. The second kappa shape index (κ2) is 9.88. The van der Waals surface area contributed by atoms with E-state index in [1.807, 2.05) is 18.4 Å². The van der Waals surface area contributed by atoms with Crippen LogP contribution in [0.25, 0.3) is 9.40 Å². The number of Topliss-reactive ketones (excluding diaryl/α,β-unsaturated/α-hetero) is 1. The van der Waals surface area contributed by atoms with Gasteiger partial charge < -0.3 is 15.0 Å². The topological polar surface area (TPSA) is 126 Å². The number of thiophene rings is 2. The van der Waals surface area contributed by atoms with Gasteiger partial charge in [0.15, 0.2) is 15.9 Å². The van der Waals surface area contributed by atoms with Crippen molar-refractivity contribution < 1.29 is 27.5 Å². The van der Waals surface area contributed by atoms with Gasteiger partial charge in [0.05, 0.1) is 12.6 Å². The number of amides is 2. The zero-order chi connectivity index (χ0) is 25.4. The number of ether oxygens (including phenoxy) is 1. The lowest BCUT2D eigenvalue weighted by molar-refractivity contribution is -0.138. The lowest BCUT2D eigenvalue weighted by Gasteiger charge is -2.27. The van der Waals surface area contributed by atoms with Crippen molar-refractivity contribution in [1.82, 2.24) is 19.5 Å². The third kappa shape index (κ3) is 4.51. The number of sulfonamides is 1. The fourth-order valence-corrected chi connectivity index (χ4v) is 8.27. The summed E-state index contributed by atoms with van der Waals surface area (Å²) in [7, 11) is -3.99. The Labute approximate surface area is 215 Å². The number of hydrogen-bond acceptors (Lipinski definition) is 9. The highest BCUT2D eigenvalue weighted by atomic mass is 32.2. The van der Waals surface area contributed by atoms with E-state index in [4.69, 9.17) is 4.74 Å². The SMILES string of the molecule is CCCC(NC(=O)Oc1cc2sccc2s1)C(=O)N1CCC2C1C(=O)CN2S(=O)(=O)c1ccccn1. The smallest absolute Gasteiger partial charge is 0.399 e. The van der Waals surface area contributed by atoms with Gasteiger partial charge in [0.2, 0.25) is 5.91 Å². The monoisotopic (exact) mass is 548 g/mol. The van der Waals surface area contributed by atoms with Gasteiger partial charge in [-0.15, -0.1) is 11.3 Å². The third-order valence-electron chi connectivity index (χ3n) is 6.35.